The van der Waals surface area contributed by atoms with Gasteiger partial charge in [0.1, 0.15) is 5.82 Å². The zero-order valence-electron chi connectivity index (χ0n) is 29.4. The van der Waals surface area contributed by atoms with Crippen molar-refractivity contribution in [2.75, 3.05) is 11.4 Å². The van der Waals surface area contributed by atoms with Crippen LogP contribution in [0.1, 0.15) is 133 Å². The highest BCUT2D eigenvalue weighted by atomic mass is 15.2. The number of aryl methyl sites for hydroxylation is 2. The minimum Gasteiger partial charge on any atom is -0.404 e. The SMILES string of the molecule is C=C(C)C.C=C(C1CCCCC1)N(CC12CCC(c3ccc(CC)c(C)c3)(CC1)CC2)c1cc(/C(C=NC2CCC2)=C/N)ccn1. The molecule has 5 aliphatic rings. The predicted molar refractivity (Wildman–Crippen MR) is 198 cm³/mol. The summed E-state index contributed by atoms with van der Waals surface area (Å²) in [6.07, 6.45) is 24.7. The van der Waals surface area contributed by atoms with E-state index in [1.165, 1.54) is 112 Å². The Hall–Kier alpha value is -3.14. The van der Waals surface area contributed by atoms with Gasteiger partial charge in [-0.1, -0.05) is 56.5 Å². The van der Waals surface area contributed by atoms with Gasteiger partial charge in [0.2, 0.25) is 0 Å². The van der Waals surface area contributed by atoms with Gasteiger partial charge in [0, 0.05) is 42.5 Å². The summed E-state index contributed by atoms with van der Waals surface area (Å²) in [7, 11) is 0. The number of nitrogens with two attached hydrogens (primary N) is 1. The van der Waals surface area contributed by atoms with Crippen LogP contribution in [-0.2, 0) is 11.8 Å². The number of hydrogen-bond donors (Lipinski definition) is 1. The summed E-state index contributed by atoms with van der Waals surface area (Å²) in [5.41, 5.74) is 15.9. The fourth-order valence-electron chi connectivity index (χ4n) is 8.36. The minimum absolute atomic E-state index is 0.327. The van der Waals surface area contributed by atoms with Gasteiger partial charge in [-0.15, -0.1) is 6.58 Å². The van der Waals surface area contributed by atoms with E-state index in [9.17, 15) is 0 Å². The van der Waals surface area contributed by atoms with Crippen LogP contribution < -0.4 is 10.6 Å². The first-order chi connectivity index (χ1) is 22.2. The van der Waals surface area contributed by atoms with Crippen molar-refractivity contribution < 1.29 is 0 Å². The first-order valence-corrected chi connectivity index (χ1v) is 18.3. The van der Waals surface area contributed by atoms with Crippen molar-refractivity contribution in [3.8, 4) is 0 Å². The molecular weight excluding hydrogens is 560 g/mol. The van der Waals surface area contributed by atoms with Crippen LogP contribution in [-0.4, -0.2) is 23.8 Å². The van der Waals surface area contributed by atoms with Crippen molar-refractivity contribution in [2.45, 2.75) is 135 Å². The number of allylic oxidation sites excluding steroid dienone is 3. The number of hydrogen-bond acceptors (Lipinski definition) is 4. The summed E-state index contributed by atoms with van der Waals surface area (Å²) in [6, 6.07) is 12.1. The van der Waals surface area contributed by atoms with Gasteiger partial charge in [-0.25, -0.2) is 4.98 Å². The smallest absolute Gasteiger partial charge is 0.133 e. The number of rotatable bonds is 10. The highest BCUT2D eigenvalue weighted by Crippen LogP contribution is 2.58. The summed E-state index contributed by atoms with van der Waals surface area (Å²) in [5, 5.41) is 0. The largest absolute Gasteiger partial charge is 0.404 e. The second-order valence-electron chi connectivity index (χ2n) is 15.3. The van der Waals surface area contributed by atoms with Crippen molar-refractivity contribution >= 4 is 17.6 Å². The van der Waals surface area contributed by atoms with Crippen LogP contribution >= 0.6 is 0 Å². The number of benzene rings is 1. The number of anilines is 1. The standard InChI is InChI=1S/C38H52N4.C4H8/c1-4-30-13-14-34(23-28(30)2)38-19-16-37(17-20-38,18-21-38)27-42(29(3)31-9-6-5-7-10-31)36-24-32(15-22-40-36)33(25-39)26-41-35-11-8-12-35;1-4(2)3/h13-15,22-26,31,35H,3-12,16-21,27,39H2,1-2H3;1H2,2-3H3/b33-25+,41-26?;. The lowest BCUT2D eigenvalue weighted by molar-refractivity contribution is 0.0459. The Morgan fingerprint density at radius 2 is 1.63 bits per heavy atom. The molecule has 2 bridgehead atoms. The Kier molecular flexibility index (Phi) is 11.3. The first-order valence-electron chi connectivity index (χ1n) is 18.3. The molecule has 0 radical (unpaired) electrons. The fraction of sp³-hybridized carbons (Fsp3) is 0.571. The summed E-state index contributed by atoms with van der Waals surface area (Å²) in [4.78, 5) is 12.3. The molecule has 1 aromatic carbocycles. The quantitative estimate of drug-likeness (QED) is 0.212. The average Bonchev–Trinajstić information content (AvgIpc) is 3.05. The third-order valence-electron chi connectivity index (χ3n) is 11.7. The van der Waals surface area contributed by atoms with Crippen molar-refractivity contribution in [2.24, 2.45) is 22.1 Å². The van der Waals surface area contributed by atoms with Gasteiger partial charge in [0.25, 0.3) is 0 Å². The molecule has 0 unspecified atom stereocenters. The summed E-state index contributed by atoms with van der Waals surface area (Å²) < 4.78 is 0. The minimum atomic E-state index is 0.327. The highest BCUT2D eigenvalue weighted by Gasteiger charge is 2.50. The van der Waals surface area contributed by atoms with Crippen LogP contribution in [0.4, 0.5) is 5.82 Å². The van der Waals surface area contributed by atoms with Gasteiger partial charge in [-0.3, -0.25) is 4.99 Å². The van der Waals surface area contributed by atoms with E-state index in [1.807, 2.05) is 26.3 Å². The first kappa shape index (κ1) is 34.2. The number of fused-ring (bicyclic) bond motifs is 3. The van der Waals surface area contributed by atoms with Crippen LogP contribution in [0.3, 0.4) is 0 Å². The summed E-state index contributed by atoms with van der Waals surface area (Å²) >= 11 is 0. The van der Waals surface area contributed by atoms with E-state index in [-0.39, 0.29) is 0 Å². The number of pyridine rings is 1. The lowest BCUT2D eigenvalue weighted by atomic mass is 9.51. The Balaban J connectivity index is 0.000000985. The van der Waals surface area contributed by atoms with Gasteiger partial charge in [0.15, 0.2) is 0 Å². The molecule has 46 heavy (non-hydrogen) atoms. The Labute approximate surface area is 280 Å². The second kappa shape index (κ2) is 15.2. The van der Waals surface area contributed by atoms with Crippen LogP contribution in [0.5, 0.6) is 0 Å². The molecule has 7 rings (SSSR count). The molecule has 2 N–H and O–H groups in total. The van der Waals surface area contributed by atoms with E-state index in [2.05, 4.69) is 55.7 Å². The van der Waals surface area contributed by atoms with Gasteiger partial charge in [-0.05, 0) is 149 Å². The van der Waals surface area contributed by atoms with Crippen molar-refractivity contribution in [3.63, 3.8) is 0 Å². The van der Waals surface area contributed by atoms with E-state index in [1.54, 1.807) is 11.8 Å². The normalized spacial score (nSPS) is 25.1. The molecular formula is C42H60N4. The monoisotopic (exact) mass is 620 g/mol. The molecule has 1 heterocycles. The molecule has 2 aromatic rings. The molecule has 5 saturated carbocycles. The molecule has 0 spiro atoms. The number of nitrogens with zero attached hydrogens (tertiary/aromatic N) is 3. The molecule has 4 nitrogen and oxygen atoms in total. The second-order valence-corrected chi connectivity index (χ2v) is 15.3. The predicted octanol–water partition coefficient (Wildman–Crippen LogP) is 10.7. The average molecular weight is 621 g/mol. The van der Waals surface area contributed by atoms with Gasteiger partial charge < -0.3 is 10.6 Å². The van der Waals surface area contributed by atoms with E-state index < -0.39 is 0 Å². The zero-order chi connectivity index (χ0) is 32.7. The van der Waals surface area contributed by atoms with Crippen LogP contribution in [0.15, 0.2) is 72.1 Å². The molecule has 0 saturated heterocycles. The highest BCUT2D eigenvalue weighted by molar-refractivity contribution is 6.09. The maximum Gasteiger partial charge on any atom is 0.133 e. The third kappa shape index (κ3) is 7.86. The topological polar surface area (TPSA) is 54.5 Å². The zero-order valence-corrected chi connectivity index (χ0v) is 29.4. The summed E-state index contributed by atoms with van der Waals surface area (Å²) in [5.74, 6) is 1.58. The third-order valence-corrected chi connectivity index (χ3v) is 11.7. The molecule has 0 atom stereocenters. The molecule has 0 aliphatic heterocycles. The summed E-state index contributed by atoms with van der Waals surface area (Å²) in [6.45, 7) is 17.9. The molecule has 5 aliphatic carbocycles. The van der Waals surface area contributed by atoms with Crippen LogP contribution in [0.25, 0.3) is 5.57 Å². The molecule has 5 fully saturated rings. The molecule has 4 heteroatoms. The molecule has 1 aromatic heterocycles. The van der Waals surface area contributed by atoms with E-state index in [0.29, 0.717) is 22.8 Å². The molecule has 248 valence electrons. The maximum absolute atomic E-state index is 6.13. The Morgan fingerprint density at radius 1 is 0.957 bits per heavy atom. The van der Waals surface area contributed by atoms with Crippen molar-refractivity contribution in [1.29, 1.82) is 0 Å². The Bertz CT molecular complexity index is 1390. The fourth-order valence-corrected chi connectivity index (χ4v) is 8.36. The van der Waals surface area contributed by atoms with Crippen LogP contribution in [0, 0.1) is 18.3 Å². The lowest BCUT2D eigenvalue weighted by Gasteiger charge is -2.55. The lowest BCUT2D eigenvalue weighted by Crippen LogP contribution is -2.49. The van der Waals surface area contributed by atoms with E-state index in [0.717, 1.165) is 29.9 Å². The molecule has 0 amide bonds. The van der Waals surface area contributed by atoms with Gasteiger partial charge in [0.05, 0.1) is 0 Å². The Morgan fingerprint density at radius 3 is 2.20 bits per heavy atom. The number of aliphatic imine (C=N–C) groups is 1. The van der Waals surface area contributed by atoms with E-state index in [4.69, 9.17) is 22.3 Å². The maximum atomic E-state index is 6.13. The van der Waals surface area contributed by atoms with Crippen molar-refractivity contribution in [1.82, 2.24) is 4.98 Å². The van der Waals surface area contributed by atoms with Crippen LogP contribution in [0.2, 0.25) is 0 Å². The number of aromatic nitrogens is 1. The van der Waals surface area contributed by atoms with Crippen molar-refractivity contribution in [3.05, 3.63) is 89.4 Å². The van der Waals surface area contributed by atoms with Gasteiger partial charge in [-0.2, -0.15) is 0 Å². The van der Waals surface area contributed by atoms with Gasteiger partial charge >= 0.3 is 0 Å². The van der Waals surface area contributed by atoms with E-state index >= 15 is 0 Å².